The quantitative estimate of drug-likeness (QED) is 0.154. The Morgan fingerprint density at radius 1 is 0.667 bits per heavy atom. The van der Waals surface area contributed by atoms with Crippen molar-refractivity contribution in [3.63, 3.8) is 0 Å². The molecule has 2 aromatic rings. The summed E-state index contributed by atoms with van der Waals surface area (Å²) in [7, 11) is -0.932. The summed E-state index contributed by atoms with van der Waals surface area (Å²) in [5, 5.41) is 12.5. The molecule has 0 aromatic heterocycles. The number of hydrogen-bond acceptors (Lipinski definition) is 8. The third kappa shape index (κ3) is 10.5. The Bertz CT molecular complexity index is 2120. The van der Waals surface area contributed by atoms with Gasteiger partial charge in [0.15, 0.2) is 0 Å². The van der Waals surface area contributed by atoms with Gasteiger partial charge in [0.05, 0.1) is 41.3 Å². The van der Waals surface area contributed by atoms with Gasteiger partial charge in [0.25, 0.3) is 0 Å². The molecule has 11 atom stereocenters. The molecule has 10 fully saturated rings. The van der Waals surface area contributed by atoms with Crippen molar-refractivity contribution in [1.29, 1.82) is 0 Å². The van der Waals surface area contributed by atoms with Crippen molar-refractivity contribution in [2.75, 3.05) is 19.6 Å². The molecule has 3 aliphatic heterocycles. The summed E-state index contributed by atoms with van der Waals surface area (Å²) in [6.45, 7) is 21.2. The number of benzene rings is 2. The van der Waals surface area contributed by atoms with E-state index in [0.717, 1.165) is 37.8 Å². The van der Waals surface area contributed by atoms with Gasteiger partial charge in [-0.2, -0.15) is 0 Å². The van der Waals surface area contributed by atoms with Crippen molar-refractivity contribution in [3.05, 3.63) is 71.8 Å². The number of carbonyl (C=O) groups is 3. The standard InChI is InChI=1S/C29H44BN3O5.C25H37BN2O3/c1-27(2,3)36-26(35)33-14-10-13-21(33)18-31-25(34)32-24(15-19-11-8-7-9-12-19)30-37-23-17-20-16-22(28(20,4)5)29(23,6)38-30;1-24(2)19-14-20(24)25(3)21(15-19)30-26(31-25)22(13-17-9-5-4-6-10-17)28-23(29)27-16-18-11-7-8-12-18/h7-9,11-12,20-24H,10,13-18H2,1-6H3,(H2,31,32,34);4-6,9-10,18-22H,7-8,11-16H2,1-3H3,(H2,27,28,29)/t20-,21+,22-,23+,24-,29-;19-,20-,21+,22-,25-/m00/s1. The van der Waals surface area contributed by atoms with Gasteiger partial charge in [0.2, 0.25) is 0 Å². The van der Waals surface area contributed by atoms with Crippen LogP contribution in [0.5, 0.6) is 0 Å². The lowest BCUT2D eigenvalue weighted by Crippen LogP contribution is -2.65. The average Bonchev–Trinajstić information content (AvgIpc) is 4.13. The maximum atomic E-state index is 13.2. The molecule has 0 spiro atoms. The zero-order valence-corrected chi connectivity index (χ0v) is 43.0. The molecule has 3 saturated heterocycles. The molecule has 2 aromatic carbocycles. The van der Waals surface area contributed by atoms with Gasteiger partial charge in [-0.1, -0.05) is 101 Å². The van der Waals surface area contributed by atoms with Gasteiger partial charge in [-0.15, -0.1) is 0 Å². The van der Waals surface area contributed by atoms with Gasteiger partial charge in [0.1, 0.15) is 5.60 Å². The minimum absolute atomic E-state index is 0.0493. The fourth-order valence-electron chi connectivity index (χ4n) is 14.0. The van der Waals surface area contributed by atoms with Crippen LogP contribution in [0.1, 0.15) is 138 Å². The van der Waals surface area contributed by atoms with E-state index in [2.05, 4.69) is 87.1 Å². The van der Waals surface area contributed by atoms with E-state index in [-0.39, 0.29) is 64.9 Å². The van der Waals surface area contributed by atoms with Crippen molar-refractivity contribution < 1.29 is 37.7 Å². The van der Waals surface area contributed by atoms with E-state index in [1.165, 1.54) is 44.1 Å². The van der Waals surface area contributed by atoms with E-state index in [4.69, 9.17) is 23.4 Å². The Morgan fingerprint density at radius 3 is 1.58 bits per heavy atom. The van der Waals surface area contributed by atoms with Crippen LogP contribution >= 0.6 is 0 Å². The summed E-state index contributed by atoms with van der Waals surface area (Å²) in [6.07, 6.45) is 12.4. The first kappa shape index (κ1) is 50.2. The highest BCUT2D eigenvalue weighted by Gasteiger charge is 2.70. The van der Waals surface area contributed by atoms with E-state index < -0.39 is 19.8 Å². The lowest BCUT2D eigenvalue weighted by molar-refractivity contribution is -0.199. The van der Waals surface area contributed by atoms with Crippen molar-refractivity contribution in [3.8, 4) is 0 Å². The fraction of sp³-hybridized carbons (Fsp3) is 0.722. The van der Waals surface area contributed by atoms with Crippen LogP contribution in [0.15, 0.2) is 60.7 Å². The number of urea groups is 2. The molecule has 12 rings (SSSR count). The Kier molecular flexibility index (Phi) is 14.3. The van der Waals surface area contributed by atoms with Crippen molar-refractivity contribution in [1.82, 2.24) is 26.2 Å². The third-order valence-corrected chi connectivity index (χ3v) is 18.4. The lowest BCUT2D eigenvalue weighted by Gasteiger charge is -2.64. The Balaban J connectivity index is 0.000000175. The Labute approximate surface area is 413 Å². The Hall–Kier alpha value is -3.78. The van der Waals surface area contributed by atoms with Crippen LogP contribution in [0.2, 0.25) is 0 Å². The minimum atomic E-state index is -0.551. The van der Waals surface area contributed by atoms with Gasteiger partial charge in [-0.25, -0.2) is 14.4 Å². The maximum Gasteiger partial charge on any atom is 0.482 e. The fourth-order valence-corrected chi connectivity index (χ4v) is 14.0. The molecule has 5 amide bonds. The van der Waals surface area contributed by atoms with Crippen molar-refractivity contribution >= 4 is 32.4 Å². The second-order valence-electron chi connectivity index (χ2n) is 24.6. The number of ether oxygens (including phenoxy) is 1. The molecule has 7 saturated carbocycles. The Morgan fingerprint density at radius 2 is 1.13 bits per heavy atom. The monoisotopic (exact) mass is 950 g/mol. The molecule has 69 heavy (non-hydrogen) atoms. The van der Waals surface area contributed by atoms with Crippen LogP contribution in [0, 0.1) is 40.4 Å². The highest BCUT2D eigenvalue weighted by molar-refractivity contribution is 6.48. The van der Waals surface area contributed by atoms with Gasteiger partial charge in [-0.3, -0.25) is 0 Å². The number of amides is 5. The number of carbonyl (C=O) groups excluding carboxylic acids is 3. The van der Waals surface area contributed by atoms with Gasteiger partial charge < -0.3 is 49.5 Å². The minimum Gasteiger partial charge on any atom is -0.444 e. The number of hydrogen-bond donors (Lipinski definition) is 4. The van der Waals surface area contributed by atoms with E-state index >= 15 is 0 Å². The number of rotatable bonds is 12. The molecule has 376 valence electrons. The highest BCUT2D eigenvalue weighted by atomic mass is 16.7. The van der Waals surface area contributed by atoms with E-state index in [1.54, 1.807) is 4.90 Å². The number of nitrogens with zero attached hydrogens (tertiary/aromatic N) is 1. The average molecular weight is 950 g/mol. The van der Waals surface area contributed by atoms with Crippen LogP contribution in [0.3, 0.4) is 0 Å². The number of nitrogens with one attached hydrogen (secondary N) is 4. The molecule has 13 nitrogen and oxygen atoms in total. The first-order chi connectivity index (χ1) is 32.7. The largest absolute Gasteiger partial charge is 0.482 e. The van der Waals surface area contributed by atoms with Crippen LogP contribution in [-0.4, -0.2) is 104 Å². The molecular weight excluding hydrogens is 868 g/mol. The third-order valence-electron chi connectivity index (χ3n) is 18.4. The molecule has 4 bridgehead atoms. The summed E-state index contributed by atoms with van der Waals surface area (Å²) >= 11 is 0. The SMILES string of the molecule is CC(C)(C)OC(=O)N1CCC[C@@H]1CNC(=O)N[C@@H](Cc1ccccc1)B1O[C@@H]2C[C@@H]3C[C@@H](C3(C)C)[C@]2(C)O1.CC1(C)[C@@H]2C[C@H]3OB([C@H](Cc4ccccc4)NC(=O)NCC4CCCC4)O[C@@]3(C)[C@H]1C2. The maximum absolute atomic E-state index is 13.2. The normalized spacial score (nSPS) is 33.3. The van der Waals surface area contributed by atoms with Crippen LogP contribution < -0.4 is 21.3 Å². The van der Waals surface area contributed by atoms with E-state index in [1.807, 2.05) is 57.2 Å². The summed E-state index contributed by atoms with van der Waals surface area (Å²) in [5.41, 5.74) is 1.70. The molecule has 7 aliphatic carbocycles. The van der Waals surface area contributed by atoms with Gasteiger partial charge in [-0.05, 0) is 150 Å². The summed E-state index contributed by atoms with van der Waals surface area (Å²) < 4.78 is 32.0. The van der Waals surface area contributed by atoms with Crippen LogP contribution in [-0.2, 0) is 36.2 Å². The molecule has 4 N–H and O–H groups in total. The van der Waals surface area contributed by atoms with Gasteiger partial charge >= 0.3 is 32.4 Å². The molecule has 15 heteroatoms. The summed E-state index contributed by atoms with van der Waals surface area (Å²) in [4.78, 5) is 40.3. The van der Waals surface area contributed by atoms with Crippen molar-refractivity contribution in [2.45, 2.75) is 186 Å². The smallest absolute Gasteiger partial charge is 0.444 e. The topological polar surface area (TPSA) is 149 Å². The van der Waals surface area contributed by atoms with E-state index in [9.17, 15) is 14.4 Å². The molecule has 10 aliphatic rings. The molecule has 3 heterocycles. The summed E-state index contributed by atoms with van der Waals surface area (Å²) in [5.74, 6) is 2.41. The lowest BCUT2D eigenvalue weighted by atomic mass is 9.43. The highest BCUT2D eigenvalue weighted by Crippen LogP contribution is 2.67. The second kappa shape index (κ2) is 19.7. The first-order valence-corrected chi connectivity index (χ1v) is 26.6. The first-order valence-electron chi connectivity index (χ1n) is 26.6. The van der Waals surface area contributed by atoms with E-state index in [0.29, 0.717) is 60.9 Å². The summed E-state index contributed by atoms with van der Waals surface area (Å²) in [6, 6.07) is 20.0. The van der Waals surface area contributed by atoms with Crippen LogP contribution in [0.4, 0.5) is 14.4 Å². The van der Waals surface area contributed by atoms with Gasteiger partial charge in [0, 0.05) is 19.6 Å². The molecule has 0 radical (unpaired) electrons. The zero-order chi connectivity index (χ0) is 48.9. The van der Waals surface area contributed by atoms with Crippen LogP contribution in [0.25, 0.3) is 0 Å². The van der Waals surface area contributed by atoms with Crippen molar-refractivity contribution in [2.24, 2.45) is 40.4 Å². The molecule has 0 unspecified atom stereocenters. The predicted octanol–water partition coefficient (Wildman–Crippen LogP) is 8.92. The second-order valence-corrected chi connectivity index (χ2v) is 24.6. The predicted molar refractivity (Wildman–Crippen MR) is 269 cm³/mol. The zero-order valence-electron chi connectivity index (χ0n) is 43.0. The molecular formula is C54H81B2N5O8. The number of likely N-dealkylation sites (tertiary alicyclic amines) is 1.